The summed E-state index contributed by atoms with van der Waals surface area (Å²) < 4.78 is 9.14. The van der Waals surface area contributed by atoms with Gasteiger partial charge < -0.3 is 14.8 Å². The number of amides is 2. The number of rotatable bonds is 5. The number of hydrogen-bond acceptors (Lipinski definition) is 8. The van der Waals surface area contributed by atoms with Gasteiger partial charge in [-0.05, 0) is 18.4 Å². The van der Waals surface area contributed by atoms with Gasteiger partial charge in [0.15, 0.2) is 0 Å². The lowest BCUT2D eigenvalue weighted by atomic mass is 10.3. The zero-order chi connectivity index (χ0) is 16.5. The van der Waals surface area contributed by atoms with Gasteiger partial charge in [-0.3, -0.25) is 10.1 Å². The molecule has 22 heavy (non-hydrogen) atoms. The van der Waals surface area contributed by atoms with Crippen LogP contribution in [0.1, 0.15) is 16.6 Å². The van der Waals surface area contributed by atoms with Crippen LogP contribution in [0.5, 0.6) is 0 Å². The number of methoxy groups -OCH3 is 1. The van der Waals surface area contributed by atoms with Crippen LogP contribution in [0.3, 0.4) is 0 Å². The van der Waals surface area contributed by atoms with Crippen LogP contribution in [0.15, 0.2) is 23.2 Å². The topological polar surface area (TPSA) is 118 Å². The Morgan fingerprint density at radius 2 is 2.18 bits per heavy atom. The van der Waals surface area contributed by atoms with Crippen LogP contribution in [0.4, 0.5) is 10.5 Å². The van der Waals surface area contributed by atoms with E-state index in [0.29, 0.717) is 10.6 Å². The van der Waals surface area contributed by atoms with Gasteiger partial charge in [-0.2, -0.15) is 5.26 Å². The number of nitrogens with zero attached hydrogens (tertiary/aromatic N) is 1. The molecule has 0 radical (unpaired) electrons. The molecule has 0 unspecified atom stereocenters. The van der Waals surface area contributed by atoms with E-state index in [0.717, 1.165) is 17.5 Å². The molecular formula is C13H13N3O5S. The average Bonchev–Trinajstić information content (AvgIpc) is 2.95. The standard InChI is InChI=1S/C13H13N3O5S/c1-3-21-13(19)16-11(17)8(6-14)7-15-9-4-5-22-10(9)12(18)20-2/h4-5,7,15H,3H2,1-2H3,(H,16,17,19)/b8-7-. The summed E-state index contributed by atoms with van der Waals surface area (Å²) in [5.41, 5.74) is 0.0311. The van der Waals surface area contributed by atoms with Crippen molar-refractivity contribution in [1.82, 2.24) is 5.32 Å². The molecule has 0 bridgehead atoms. The minimum absolute atomic E-state index is 0.0976. The fourth-order valence-corrected chi connectivity index (χ4v) is 2.07. The van der Waals surface area contributed by atoms with Crippen molar-refractivity contribution in [3.05, 3.63) is 28.1 Å². The number of imide groups is 1. The molecule has 1 aromatic rings. The number of ether oxygens (including phenoxy) is 2. The summed E-state index contributed by atoms with van der Waals surface area (Å²) in [5, 5.41) is 15.1. The summed E-state index contributed by atoms with van der Waals surface area (Å²) in [5.74, 6) is -1.45. The van der Waals surface area contributed by atoms with Gasteiger partial charge in [0.05, 0.1) is 19.4 Å². The Morgan fingerprint density at radius 1 is 1.45 bits per heavy atom. The molecule has 0 fully saturated rings. The SMILES string of the molecule is CCOC(=O)NC(=O)/C(C#N)=C\Nc1ccsc1C(=O)OC. The molecule has 0 spiro atoms. The average molecular weight is 323 g/mol. The third kappa shape index (κ3) is 4.60. The number of carbonyl (C=O) groups is 3. The highest BCUT2D eigenvalue weighted by molar-refractivity contribution is 7.12. The van der Waals surface area contributed by atoms with Crippen LogP contribution in [0, 0.1) is 11.3 Å². The molecule has 0 saturated carbocycles. The number of alkyl carbamates (subject to hydrolysis) is 1. The zero-order valence-corrected chi connectivity index (χ0v) is 12.7. The third-order valence-electron chi connectivity index (χ3n) is 2.26. The summed E-state index contributed by atoms with van der Waals surface area (Å²) in [6.45, 7) is 1.68. The second-order valence-electron chi connectivity index (χ2n) is 3.64. The number of carbonyl (C=O) groups excluding carboxylic acids is 3. The van der Waals surface area contributed by atoms with Crippen LogP contribution in [0.25, 0.3) is 0 Å². The van der Waals surface area contributed by atoms with Gasteiger partial charge >= 0.3 is 12.1 Å². The first kappa shape index (κ1) is 17.2. The van der Waals surface area contributed by atoms with Crippen molar-refractivity contribution in [2.24, 2.45) is 0 Å². The summed E-state index contributed by atoms with van der Waals surface area (Å²) in [7, 11) is 1.25. The maximum atomic E-state index is 11.7. The predicted molar refractivity (Wildman–Crippen MR) is 78.1 cm³/mol. The molecule has 9 heteroatoms. The van der Waals surface area contributed by atoms with E-state index in [2.05, 4.69) is 14.8 Å². The Bertz CT molecular complexity index is 644. The molecule has 0 saturated heterocycles. The monoisotopic (exact) mass is 323 g/mol. The van der Waals surface area contributed by atoms with Crippen LogP contribution >= 0.6 is 11.3 Å². The minimum Gasteiger partial charge on any atom is -0.465 e. The van der Waals surface area contributed by atoms with Gasteiger partial charge in [0.1, 0.15) is 16.5 Å². The Balaban J connectivity index is 2.80. The third-order valence-corrected chi connectivity index (χ3v) is 3.16. The normalized spacial score (nSPS) is 10.3. The Labute approximate surface area is 130 Å². The molecule has 0 aliphatic carbocycles. The molecule has 2 amide bonds. The Morgan fingerprint density at radius 3 is 2.77 bits per heavy atom. The van der Waals surface area contributed by atoms with E-state index >= 15 is 0 Å². The van der Waals surface area contributed by atoms with Crippen LogP contribution in [-0.4, -0.2) is 31.7 Å². The molecule has 0 aromatic carbocycles. The molecule has 1 aromatic heterocycles. The van der Waals surface area contributed by atoms with E-state index in [-0.39, 0.29) is 12.2 Å². The van der Waals surface area contributed by atoms with Crippen LogP contribution < -0.4 is 10.6 Å². The highest BCUT2D eigenvalue weighted by Gasteiger charge is 2.15. The van der Waals surface area contributed by atoms with Gasteiger partial charge in [-0.1, -0.05) is 0 Å². The largest absolute Gasteiger partial charge is 0.465 e. The number of hydrogen-bond donors (Lipinski definition) is 2. The number of esters is 1. The van der Waals surface area contributed by atoms with Crippen molar-refractivity contribution in [2.45, 2.75) is 6.92 Å². The molecule has 1 rings (SSSR count). The van der Waals surface area contributed by atoms with Gasteiger partial charge in [0, 0.05) is 6.20 Å². The molecule has 2 N–H and O–H groups in total. The molecule has 0 atom stereocenters. The van der Waals surface area contributed by atoms with Crippen LogP contribution in [-0.2, 0) is 14.3 Å². The smallest absolute Gasteiger partial charge is 0.414 e. The second kappa shape index (κ2) is 8.43. The first-order valence-corrected chi connectivity index (χ1v) is 6.92. The summed E-state index contributed by atoms with van der Waals surface area (Å²) in [6.07, 6.45) is 0.141. The highest BCUT2D eigenvalue weighted by Crippen LogP contribution is 2.23. The van der Waals surface area contributed by atoms with Gasteiger partial charge in [-0.25, -0.2) is 9.59 Å². The second-order valence-corrected chi connectivity index (χ2v) is 4.56. The molecule has 116 valence electrons. The van der Waals surface area contributed by atoms with Crippen molar-refractivity contribution in [3.63, 3.8) is 0 Å². The van der Waals surface area contributed by atoms with Gasteiger partial charge in [0.2, 0.25) is 0 Å². The lowest BCUT2D eigenvalue weighted by Crippen LogP contribution is -2.32. The number of anilines is 1. The number of nitrogens with one attached hydrogen (secondary N) is 2. The van der Waals surface area contributed by atoms with E-state index in [1.54, 1.807) is 24.4 Å². The van der Waals surface area contributed by atoms with E-state index in [1.165, 1.54) is 7.11 Å². The van der Waals surface area contributed by atoms with E-state index in [4.69, 9.17) is 5.26 Å². The van der Waals surface area contributed by atoms with Crippen LogP contribution in [0.2, 0.25) is 0 Å². The molecular weight excluding hydrogens is 310 g/mol. The van der Waals surface area contributed by atoms with Crippen molar-refractivity contribution < 1.29 is 23.9 Å². The summed E-state index contributed by atoms with van der Waals surface area (Å²) in [6, 6.07) is 3.23. The van der Waals surface area contributed by atoms with Crippen molar-refractivity contribution in [2.75, 3.05) is 19.0 Å². The fraction of sp³-hybridized carbons (Fsp3) is 0.231. The van der Waals surface area contributed by atoms with Gasteiger partial charge in [-0.15, -0.1) is 11.3 Å². The predicted octanol–water partition coefficient (Wildman–Crippen LogP) is 1.63. The number of nitriles is 1. The van der Waals surface area contributed by atoms with Gasteiger partial charge in [0.25, 0.3) is 5.91 Å². The van der Waals surface area contributed by atoms with E-state index in [9.17, 15) is 14.4 Å². The van der Waals surface area contributed by atoms with Crippen molar-refractivity contribution >= 4 is 35.0 Å². The summed E-state index contributed by atoms with van der Waals surface area (Å²) >= 11 is 1.14. The molecule has 1 heterocycles. The van der Waals surface area contributed by atoms with E-state index < -0.39 is 18.0 Å². The minimum atomic E-state index is -0.945. The highest BCUT2D eigenvalue weighted by atomic mass is 32.1. The van der Waals surface area contributed by atoms with E-state index in [1.807, 2.05) is 5.32 Å². The first-order valence-electron chi connectivity index (χ1n) is 6.04. The Hall–Kier alpha value is -2.86. The molecule has 0 aliphatic heterocycles. The maximum absolute atomic E-state index is 11.7. The van der Waals surface area contributed by atoms with Crippen molar-refractivity contribution in [1.29, 1.82) is 5.26 Å². The lowest BCUT2D eigenvalue weighted by Gasteiger charge is -2.04. The quantitative estimate of drug-likeness (QED) is 0.480. The molecule has 0 aliphatic rings. The summed E-state index contributed by atoms with van der Waals surface area (Å²) in [4.78, 5) is 34.6. The molecule has 8 nitrogen and oxygen atoms in total. The number of thiophene rings is 1. The Kier molecular flexibility index (Phi) is 6.59. The fourth-order valence-electron chi connectivity index (χ4n) is 1.30. The first-order chi connectivity index (χ1) is 10.5. The lowest BCUT2D eigenvalue weighted by molar-refractivity contribution is -0.116. The van der Waals surface area contributed by atoms with Crippen molar-refractivity contribution in [3.8, 4) is 6.07 Å². The maximum Gasteiger partial charge on any atom is 0.414 e. The zero-order valence-electron chi connectivity index (χ0n) is 11.8.